The van der Waals surface area contributed by atoms with Crippen molar-refractivity contribution in [1.82, 2.24) is 4.90 Å². The van der Waals surface area contributed by atoms with Crippen molar-refractivity contribution in [3.05, 3.63) is 0 Å². The molecule has 0 saturated carbocycles. The van der Waals surface area contributed by atoms with Gasteiger partial charge in [-0.3, -0.25) is 9.69 Å². The van der Waals surface area contributed by atoms with Crippen LogP contribution in [0.4, 0.5) is 4.79 Å². The van der Waals surface area contributed by atoms with Crippen LogP contribution >= 0.6 is 0 Å². The number of hydrogen-bond donors (Lipinski definition) is 0. The van der Waals surface area contributed by atoms with Crippen molar-refractivity contribution in [2.24, 2.45) is 0 Å². The van der Waals surface area contributed by atoms with Gasteiger partial charge in [0.25, 0.3) is 0 Å². The minimum Gasteiger partial charge on any atom is -0.446 e. The fourth-order valence-electron chi connectivity index (χ4n) is 0.328. The summed E-state index contributed by atoms with van der Waals surface area (Å²) >= 11 is 0. The molecule has 0 fully saturated rings. The van der Waals surface area contributed by atoms with Gasteiger partial charge in [0.2, 0.25) is 6.41 Å². The molecule has 0 heterocycles. The molecule has 0 aromatic rings. The molecule has 0 rings (SSSR count). The molecule has 0 unspecified atom stereocenters. The Morgan fingerprint density at radius 2 is 2.10 bits per heavy atom. The Bertz CT molecular complexity index is 133. The molecule has 0 spiro atoms. The Kier molecular flexibility index (Phi) is 3.46. The Labute approximate surface area is 59.8 Å². The SMILES string of the molecule is CC(C)OC(=O)N(C)C=O. The summed E-state index contributed by atoms with van der Waals surface area (Å²) in [6.45, 7) is 3.44. The predicted octanol–water partition coefficient (Wildman–Crippen LogP) is 0.620. The standard InChI is InChI=1S/C6H11NO3/c1-5(2)10-6(9)7(3)4-8/h4-5H,1-3H3. The smallest absolute Gasteiger partial charge is 0.416 e. The molecule has 0 saturated heterocycles. The fraction of sp³-hybridized carbons (Fsp3) is 0.667. The molecule has 0 bridgehead atoms. The third kappa shape index (κ3) is 3.06. The maximum absolute atomic E-state index is 10.7. The van der Waals surface area contributed by atoms with E-state index in [2.05, 4.69) is 4.74 Å². The second-order valence-corrected chi connectivity index (χ2v) is 2.15. The van der Waals surface area contributed by atoms with E-state index in [0.29, 0.717) is 6.41 Å². The number of rotatable bonds is 2. The number of carbonyl (C=O) groups is 2. The molecule has 0 radical (unpaired) electrons. The first-order chi connectivity index (χ1) is 4.57. The van der Waals surface area contributed by atoms with Crippen molar-refractivity contribution in [3.8, 4) is 0 Å². The van der Waals surface area contributed by atoms with Crippen LogP contribution < -0.4 is 0 Å². The number of nitrogens with zero attached hydrogens (tertiary/aromatic N) is 1. The Balaban J connectivity index is 3.73. The topological polar surface area (TPSA) is 46.6 Å². The first-order valence-corrected chi connectivity index (χ1v) is 2.96. The maximum atomic E-state index is 10.7. The van der Waals surface area contributed by atoms with Gasteiger partial charge in [-0.15, -0.1) is 0 Å². The van der Waals surface area contributed by atoms with Gasteiger partial charge in [-0.2, -0.15) is 0 Å². The lowest BCUT2D eigenvalue weighted by Crippen LogP contribution is -2.27. The number of imide groups is 1. The van der Waals surface area contributed by atoms with E-state index >= 15 is 0 Å². The first kappa shape index (κ1) is 8.94. The zero-order chi connectivity index (χ0) is 8.15. The van der Waals surface area contributed by atoms with Crippen LogP contribution in [-0.4, -0.2) is 30.6 Å². The van der Waals surface area contributed by atoms with Crippen LogP contribution in [0, 0.1) is 0 Å². The minimum absolute atomic E-state index is 0.185. The van der Waals surface area contributed by atoms with Gasteiger partial charge in [0, 0.05) is 7.05 Å². The second kappa shape index (κ2) is 3.87. The normalized spacial score (nSPS) is 9.20. The van der Waals surface area contributed by atoms with Crippen molar-refractivity contribution in [3.63, 3.8) is 0 Å². The highest BCUT2D eigenvalue weighted by Gasteiger charge is 2.08. The van der Waals surface area contributed by atoms with E-state index in [1.54, 1.807) is 13.8 Å². The van der Waals surface area contributed by atoms with Crippen molar-refractivity contribution in [1.29, 1.82) is 0 Å². The van der Waals surface area contributed by atoms with Gasteiger partial charge >= 0.3 is 6.09 Å². The first-order valence-electron chi connectivity index (χ1n) is 2.96. The number of amides is 2. The summed E-state index contributed by atoms with van der Waals surface area (Å²) in [6, 6.07) is 0. The lowest BCUT2D eigenvalue weighted by molar-refractivity contribution is -0.115. The van der Waals surface area contributed by atoms with E-state index < -0.39 is 6.09 Å². The fourth-order valence-corrected chi connectivity index (χ4v) is 0.328. The lowest BCUT2D eigenvalue weighted by atomic mass is 10.5. The van der Waals surface area contributed by atoms with Crippen LogP contribution in [0.25, 0.3) is 0 Å². The van der Waals surface area contributed by atoms with Gasteiger partial charge in [0.1, 0.15) is 0 Å². The molecule has 0 aromatic carbocycles. The summed E-state index contributed by atoms with van der Waals surface area (Å²) in [5.74, 6) is 0. The Morgan fingerprint density at radius 1 is 1.60 bits per heavy atom. The van der Waals surface area contributed by atoms with Crippen LogP contribution in [0.3, 0.4) is 0 Å². The van der Waals surface area contributed by atoms with E-state index in [4.69, 9.17) is 0 Å². The van der Waals surface area contributed by atoms with Gasteiger partial charge in [-0.1, -0.05) is 0 Å². The van der Waals surface area contributed by atoms with Crippen LogP contribution in [0.15, 0.2) is 0 Å². The molecular formula is C6H11NO3. The summed E-state index contributed by atoms with van der Waals surface area (Å²) in [7, 11) is 1.34. The van der Waals surface area contributed by atoms with Crippen molar-refractivity contribution in [2.75, 3.05) is 7.05 Å². The van der Waals surface area contributed by atoms with E-state index in [1.165, 1.54) is 7.05 Å². The van der Waals surface area contributed by atoms with Gasteiger partial charge < -0.3 is 4.74 Å². The monoisotopic (exact) mass is 145 g/mol. The van der Waals surface area contributed by atoms with Crippen molar-refractivity contribution in [2.45, 2.75) is 20.0 Å². The van der Waals surface area contributed by atoms with E-state index in [9.17, 15) is 9.59 Å². The van der Waals surface area contributed by atoms with E-state index in [0.717, 1.165) is 4.90 Å². The second-order valence-electron chi connectivity index (χ2n) is 2.15. The molecular weight excluding hydrogens is 134 g/mol. The van der Waals surface area contributed by atoms with Crippen LogP contribution in [0.1, 0.15) is 13.8 Å². The zero-order valence-electron chi connectivity index (χ0n) is 6.33. The van der Waals surface area contributed by atoms with E-state index in [1.807, 2.05) is 0 Å². The van der Waals surface area contributed by atoms with Crippen LogP contribution in [0.2, 0.25) is 0 Å². The molecule has 0 atom stereocenters. The van der Waals surface area contributed by atoms with Gasteiger partial charge in [-0.25, -0.2) is 4.79 Å². The molecule has 10 heavy (non-hydrogen) atoms. The molecule has 0 aliphatic heterocycles. The summed E-state index contributed by atoms with van der Waals surface area (Å²) in [4.78, 5) is 21.5. The van der Waals surface area contributed by atoms with Crippen LogP contribution in [0.5, 0.6) is 0 Å². The molecule has 0 aromatic heterocycles. The average molecular weight is 145 g/mol. The quantitative estimate of drug-likeness (QED) is 0.535. The lowest BCUT2D eigenvalue weighted by Gasteiger charge is -2.11. The zero-order valence-corrected chi connectivity index (χ0v) is 6.33. The number of ether oxygens (including phenoxy) is 1. The summed E-state index contributed by atoms with van der Waals surface area (Å²) < 4.78 is 4.66. The van der Waals surface area contributed by atoms with E-state index in [-0.39, 0.29) is 6.10 Å². The summed E-state index contributed by atoms with van der Waals surface area (Å²) in [6.07, 6.45) is -0.398. The molecule has 58 valence electrons. The maximum Gasteiger partial charge on any atom is 0.416 e. The molecule has 0 aliphatic carbocycles. The highest BCUT2D eigenvalue weighted by Crippen LogP contribution is 1.92. The number of hydrogen-bond acceptors (Lipinski definition) is 3. The third-order valence-electron chi connectivity index (χ3n) is 0.783. The van der Waals surface area contributed by atoms with Gasteiger partial charge in [0.15, 0.2) is 0 Å². The molecule has 0 aliphatic rings. The van der Waals surface area contributed by atoms with Crippen LogP contribution in [-0.2, 0) is 9.53 Å². The predicted molar refractivity (Wildman–Crippen MR) is 35.4 cm³/mol. The van der Waals surface area contributed by atoms with Crippen molar-refractivity contribution < 1.29 is 14.3 Å². The van der Waals surface area contributed by atoms with Crippen molar-refractivity contribution >= 4 is 12.5 Å². The minimum atomic E-state index is -0.620. The number of carbonyl (C=O) groups excluding carboxylic acids is 2. The van der Waals surface area contributed by atoms with Gasteiger partial charge in [-0.05, 0) is 13.8 Å². The average Bonchev–Trinajstić information content (AvgIpc) is 1.85. The summed E-state index contributed by atoms with van der Waals surface area (Å²) in [5.41, 5.74) is 0. The largest absolute Gasteiger partial charge is 0.446 e. The Morgan fingerprint density at radius 3 is 2.40 bits per heavy atom. The molecule has 0 N–H and O–H groups in total. The summed E-state index contributed by atoms with van der Waals surface area (Å²) in [5, 5.41) is 0. The van der Waals surface area contributed by atoms with Gasteiger partial charge in [0.05, 0.1) is 6.10 Å². The highest BCUT2D eigenvalue weighted by molar-refractivity contribution is 5.79. The molecule has 4 heteroatoms. The Hall–Kier alpha value is -1.06. The highest BCUT2D eigenvalue weighted by atomic mass is 16.6. The third-order valence-corrected chi connectivity index (χ3v) is 0.783. The molecule has 4 nitrogen and oxygen atoms in total. The molecule has 2 amide bonds.